The molecule has 250 valence electrons. The molecule has 1 saturated carbocycles. The molecule has 11 heteroatoms. The van der Waals surface area contributed by atoms with Gasteiger partial charge in [-0.2, -0.15) is 5.10 Å². The van der Waals surface area contributed by atoms with Crippen LogP contribution in [0.15, 0.2) is 76.4 Å². The minimum atomic E-state index is -0.654. The number of hydrogen-bond donors (Lipinski definition) is 2. The summed E-state index contributed by atoms with van der Waals surface area (Å²) in [6.07, 6.45) is 3.16. The molecule has 3 aromatic heterocycles. The maximum atomic E-state index is 14.5. The first-order valence-corrected chi connectivity index (χ1v) is 16.4. The van der Waals surface area contributed by atoms with Crippen molar-refractivity contribution in [1.82, 2.24) is 34.5 Å². The van der Waals surface area contributed by atoms with Crippen molar-refractivity contribution in [2.24, 2.45) is 12.5 Å². The first kappa shape index (κ1) is 33.0. The van der Waals surface area contributed by atoms with E-state index in [0.717, 1.165) is 42.2 Å². The largest absolute Gasteiger partial charge is 0.348 e. The fourth-order valence-corrected chi connectivity index (χ4v) is 6.37. The zero-order chi connectivity index (χ0) is 34.2. The van der Waals surface area contributed by atoms with Crippen LogP contribution in [0.4, 0.5) is 4.39 Å². The number of amides is 1. The van der Waals surface area contributed by atoms with E-state index in [2.05, 4.69) is 65.8 Å². The van der Waals surface area contributed by atoms with Gasteiger partial charge in [-0.3, -0.25) is 18.8 Å². The minimum absolute atomic E-state index is 0.0352. The molecule has 5 aromatic rings. The lowest BCUT2D eigenvalue weighted by Crippen LogP contribution is -2.45. The predicted octanol–water partition coefficient (Wildman–Crippen LogP) is 5.44. The first-order chi connectivity index (χ1) is 22.9. The van der Waals surface area contributed by atoms with E-state index in [1.54, 1.807) is 23.9 Å². The Hall–Kier alpha value is -4.90. The molecule has 0 atom stereocenters. The summed E-state index contributed by atoms with van der Waals surface area (Å²) in [7, 11) is 1.79. The number of benzene rings is 2. The molecular weight excluding hydrogens is 609 g/mol. The Labute approximate surface area is 278 Å². The topological polar surface area (TPSA) is 116 Å². The van der Waals surface area contributed by atoms with Crippen molar-refractivity contribution >= 4 is 16.9 Å². The van der Waals surface area contributed by atoms with Crippen molar-refractivity contribution < 1.29 is 9.18 Å². The molecule has 2 N–H and O–H groups in total. The Morgan fingerprint density at radius 2 is 1.71 bits per heavy atom. The SMILES string of the molecule is Cc1cc(C(=O)N[C@H]2CC[C@@H](n3c(=O)c4cc(F)cnc4n(-c4cccc(-c5ccc(CNCC(C)(C)C)cc5)c4)c3=O)CC2)nn1C. The second-order valence-corrected chi connectivity index (χ2v) is 14.0. The van der Waals surface area contributed by atoms with Gasteiger partial charge in [0.15, 0.2) is 5.65 Å². The number of hydrogen-bond acceptors (Lipinski definition) is 6. The van der Waals surface area contributed by atoms with Gasteiger partial charge in [0.1, 0.15) is 11.5 Å². The van der Waals surface area contributed by atoms with Crippen LogP contribution in [0.3, 0.4) is 0 Å². The van der Waals surface area contributed by atoms with Crippen molar-refractivity contribution in [3.8, 4) is 16.8 Å². The first-order valence-electron chi connectivity index (χ1n) is 16.4. The van der Waals surface area contributed by atoms with Crippen molar-refractivity contribution in [2.45, 2.75) is 72.0 Å². The van der Waals surface area contributed by atoms with Crippen LogP contribution < -0.4 is 21.9 Å². The Morgan fingerprint density at radius 1 is 0.979 bits per heavy atom. The van der Waals surface area contributed by atoms with Gasteiger partial charge in [0, 0.05) is 37.9 Å². The van der Waals surface area contributed by atoms with Crippen molar-refractivity contribution in [3.05, 3.63) is 110 Å². The van der Waals surface area contributed by atoms with Crippen LogP contribution in [-0.2, 0) is 13.6 Å². The summed E-state index contributed by atoms with van der Waals surface area (Å²) in [5, 5.41) is 10.8. The quantitative estimate of drug-likeness (QED) is 0.231. The van der Waals surface area contributed by atoms with Gasteiger partial charge in [-0.25, -0.2) is 18.7 Å². The summed E-state index contributed by atoms with van der Waals surface area (Å²) in [4.78, 5) is 45.0. The number of aryl methyl sites for hydroxylation is 2. The fraction of sp³-hybridized carbons (Fsp3) is 0.378. The fourth-order valence-electron chi connectivity index (χ4n) is 6.37. The Morgan fingerprint density at radius 3 is 2.38 bits per heavy atom. The molecule has 0 saturated heterocycles. The van der Waals surface area contributed by atoms with Gasteiger partial charge in [-0.1, -0.05) is 57.2 Å². The highest BCUT2D eigenvalue weighted by Gasteiger charge is 2.28. The molecule has 0 aliphatic heterocycles. The number of pyridine rings is 1. The summed E-state index contributed by atoms with van der Waals surface area (Å²) in [5.41, 5.74) is 4.00. The Kier molecular flexibility index (Phi) is 9.15. The zero-order valence-corrected chi connectivity index (χ0v) is 28.1. The highest BCUT2D eigenvalue weighted by Crippen LogP contribution is 2.28. The second-order valence-electron chi connectivity index (χ2n) is 14.0. The smallest absolute Gasteiger partial charge is 0.337 e. The van der Waals surface area contributed by atoms with E-state index < -0.39 is 23.1 Å². The van der Waals surface area contributed by atoms with E-state index in [0.29, 0.717) is 37.1 Å². The summed E-state index contributed by atoms with van der Waals surface area (Å²) in [6.45, 7) is 10.1. The van der Waals surface area contributed by atoms with Crippen LogP contribution in [-0.4, -0.2) is 42.4 Å². The normalized spacial score (nSPS) is 16.7. The number of fused-ring (bicyclic) bond motifs is 1. The van der Waals surface area contributed by atoms with Gasteiger partial charge in [-0.05, 0) is 79.0 Å². The van der Waals surface area contributed by atoms with E-state index in [-0.39, 0.29) is 28.4 Å². The maximum absolute atomic E-state index is 14.5. The average molecular weight is 652 g/mol. The lowest BCUT2D eigenvalue weighted by atomic mass is 9.90. The average Bonchev–Trinajstić information content (AvgIpc) is 3.40. The molecule has 0 radical (unpaired) electrons. The number of rotatable bonds is 8. The van der Waals surface area contributed by atoms with E-state index in [9.17, 15) is 18.8 Å². The highest BCUT2D eigenvalue weighted by atomic mass is 19.1. The van der Waals surface area contributed by atoms with E-state index in [4.69, 9.17) is 0 Å². The summed E-state index contributed by atoms with van der Waals surface area (Å²) < 4.78 is 18.8. The van der Waals surface area contributed by atoms with E-state index >= 15 is 0 Å². The van der Waals surface area contributed by atoms with Gasteiger partial charge in [-0.15, -0.1) is 0 Å². The molecule has 0 spiro atoms. The monoisotopic (exact) mass is 651 g/mol. The van der Waals surface area contributed by atoms with Crippen molar-refractivity contribution in [3.63, 3.8) is 0 Å². The Bertz CT molecular complexity index is 2060. The molecule has 1 aliphatic rings. The van der Waals surface area contributed by atoms with Gasteiger partial charge in [0.25, 0.3) is 11.5 Å². The Balaban J connectivity index is 1.28. The minimum Gasteiger partial charge on any atom is -0.348 e. The number of aromatic nitrogens is 5. The van der Waals surface area contributed by atoms with E-state index in [1.807, 2.05) is 25.1 Å². The lowest BCUT2D eigenvalue weighted by molar-refractivity contribution is 0.0916. The van der Waals surface area contributed by atoms with E-state index in [1.165, 1.54) is 14.7 Å². The molecule has 2 aromatic carbocycles. The number of carbonyl (C=O) groups is 1. The molecule has 1 fully saturated rings. The van der Waals surface area contributed by atoms with Crippen molar-refractivity contribution in [2.75, 3.05) is 6.54 Å². The molecule has 6 rings (SSSR count). The number of carbonyl (C=O) groups excluding carboxylic acids is 1. The zero-order valence-electron chi connectivity index (χ0n) is 28.1. The van der Waals surface area contributed by atoms with Crippen molar-refractivity contribution in [1.29, 1.82) is 0 Å². The van der Waals surface area contributed by atoms with Gasteiger partial charge in [0.05, 0.1) is 17.3 Å². The van der Waals surface area contributed by atoms with Crippen LogP contribution in [0.5, 0.6) is 0 Å². The predicted molar refractivity (Wildman–Crippen MR) is 185 cm³/mol. The standard InChI is InChI=1S/C37H42FN7O3/c1-23-17-32(42-43(23)5)34(46)41-28-13-15-29(16-14-28)45-35(47)31-19-27(38)21-40-33(31)44(36(45)48)30-8-6-7-26(18-30)25-11-9-24(10-12-25)20-39-22-37(2,3)4/h6-12,17-19,21,28-29,39H,13-16,20,22H2,1-5H3,(H,41,46)/t28-,29+. The molecular formula is C37H42FN7O3. The van der Waals surface area contributed by atoms with Gasteiger partial charge >= 0.3 is 5.69 Å². The second kappa shape index (κ2) is 13.3. The number of nitrogens with one attached hydrogen (secondary N) is 2. The molecule has 48 heavy (non-hydrogen) atoms. The van der Waals surface area contributed by atoms with Gasteiger partial charge in [0.2, 0.25) is 0 Å². The van der Waals surface area contributed by atoms with Crippen LogP contribution in [0.25, 0.3) is 27.8 Å². The molecule has 0 unspecified atom stereocenters. The van der Waals surface area contributed by atoms with Crippen LogP contribution in [0, 0.1) is 18.2 Å². The molecule has 0 bridgehead atoms. The molecule has 10 nitrogen and oxygen atoms in total. The molecule has 1 amide bonds. The molecule has 3 heterocycles. The van der Waals surface area contributed by atoms with Gasteiger partial charge < -0.3 is 10.6 Å². The summed E-state index contributed by atoms with van der Waals surface area (Å²) in [5.74, 6) is -0.904. The third-order valence-corrected chi connectivity index (χ3v) is 9.01. The third kappa shape index (κ3) is 7.01. The maximum Gasteiger partial charge on any atom is 0.337 e. The summed E-state index contributed by atoms with van der Waals surface area (Å²) >= 11 is 0. The third-order valence-electron chi connectivity index (χ3n) is 9.01. The number of halogens is 1. The van der Waals surface area contributed by atoms with Crippen LogP contribution in [0.1, 0.15) is 74.2 Å². The van der Waals surface area contributed by atoms with Crippen LogP contribution in [0.2, 0.25) is 0 Å². The van der Waals surface area contributed by atoms with Crippen LogP contribution >= 0.6 is 0 Å². The lowest BCUT2D eigenvalue weighted by Gasteiger charge is -2.30. The molecule has 1 aliphatic carbocycles. The number of nitrogens with zero attached hydrogens (tertiary/aromatic N) is 5. The summed E-state index contributed by atoms with van der Waals surface area (Å²) in [6, 6.07) is 18.1. The highest BCUT2D eigenvalue weighted by molar-refractivity contribution is 5.92.